The molecule has 0 aliphatic heterocycles. The molecular weight excluding hydrogens is 705 g/mol. The minimum absolute atomic E-state index is 0.812. The summed E-state index contributed by atoms with van der Waals surface area (Å²) in [4.78, 5) is 10.7. The van der Waals surface area contributed by atoms with Gasteiger partial charge in [0.1, 0.15) is 5.69 Å². The van der Waals surface area contributed by atoms with E-state index in [2.05, 4.69) is 191 Å². The lowest BCUT2D eigenvalue weighted by Gasteiger charge is -2.15. The van der Waals surface area contributed by atoms with Crippen molar-refractivity contribution in [3.63, 3.8) is 0 Å². The van der Waals surface area contributed by atoms with Crippen molar-refractivity contribution in [1.29, 1.82) is 0 Å². The van der Waals surface area contributed by atoms with E-state index in [1.54, 1.807) is 0 Å². The molecule has 58 heavy (non-hydrogen) atoms. The van der Waals surface area contributed by atoms with Crippen LogP contribution in [0.5, 0.6) is 0 Å². The number of para-hydroxylation sites is 3. The fourth-order valence-electron chi connectivity index (χ4n) is 9.00. The van der Waals surface area contributed by atoms with E-state index in [4.69, 9.17) is 9.97 Å². The molecule has 0 saturated carbocycles. The second-order valence-corrected chi connectivity index (χ2v) is 15.0. The van der Waals surface area contributed by atoms with Crippen molar-refractivity contribution < 1.29 is 0 Å². The summed E-state index contributed by atoms with van der Waals surface area (Å²) in [5.74, 6) is 0.812. The number of fused-ring (bicyclic) bond motifs is 9. The van der Waals surface area contributed by atoms with Crippen LogP contribution < -0.4 is 0 Å². The van der Waals surface area contributed by atoms with Crippen molar-refractivity contribution in [1.82, 2.24) is 19.1 Å². The van der Waals surface area contributed by atoms with E-state index >= 15 is 0 Å². The van der Waals surface area contributed by atoms with Crippen molar-refractivity contribution in [3.05, 3.63) is 206 Å². The third-order valence-corrected chi connectivity index (χ3v) is 11.7. The largest absolute Gasteiger partial charge is 0.309 e. The highest BCUT2D eigenvalue weighted by Crippen LogP contribution is 2.41. The number of hydrogen-bond donors (Lipinski definition) is 0. The second kappa shape index (κ2) is 12.9. The topological polar surface area (TPSA) is 35.6 Å². The Morgan fingerprint density at radius 3 is 1.64 bits per heavy atom. The van der Waals surface area contributed by atoms with E-state index in [0.717, 1.165) is 56.0 Å². The van der Waals surface area contributed by atoms with E-state index in [1.165, 1.54) is 54.5 Å². The Morgan fingerprint density at radius 1 is 0.310 bits per heavy atom. The quantitative estimate of drug-likeness (QED) is 0.176. The van der Waals surface area contributed by atoms with Crippen LogP contribution in [0.4, 0.5) is 0 Å². The smallest absolute Gasteiger partial charge is 0.165 e. The Labute approximate surface area is 334 Å². The standard InChI is InChI=1S/C54H34N4/c1-3-14-35(15-4-1)38-19-13-20-41(32-38)57-49-25-12-9-22-43(49)44-29-27-39(33-50(44)57)40-28-30-45-46-31-26-36-16-7-8-21-42(36)53(46)58(51(45)34-40)54-52(37-17-5-2-6-18-37)55-47-23-10-11-24-48(47)56-54/h1-34H. The SMILES string of the molecule is c1ccc(-c2cccc(-n3c4ccccc4c4ccc(-c5ccc6c7ccc8ccccc8c7n(-c7nc8ccccc8nc7-c7ccccc7)c6c5)cc43)c2)cc1. The highest BCUT2D eigenvalue weighted by Gasteiger charge is 2.22. The lowest BCUT2D eigenvalue weighted by molar-refractivity contribution is 1.08. The van der Waals surface area contributed by atoms with E-state index in [9.17, 15) is 0 Å². The predicted molar refractivity (Wildman–Crippen MR) is 242 cm³/mol. The van der Waals surface area contributed by atoms with Crippen molar-refractivity contribution in [2.45, 2.75) is 0 Å². The molecule has 0 unspecified atom stereocenters. The Bertz CT molecular complexity index is 3560. The summed E-state index contributed by atoms with van der Waals surface area (Å²) in [6.07, 6.45) is 0. The number of hydrogen-bond acceptors (Lipinski definition) is 2. The second-order valence-electron chi connectivity index (χ2n) is 15.0. The summed E-state index contributed by atoms with van der Waals surface area (Å²) in [6, 6.07) is 73.8. The zero-order valence-electron chi connectivity index (χ0n) is 31.4. The van der Waals surface area contributed by atoms with Gasteiger partial charge in [-0.25, -0.2) is 9.97 Å². The zero-order chi connectivity index (χ0) is 38.2. The molecule has 0 aliphatic carbocycles. The third kappa shape index (κ3) is 5.02. The molecule has 0 radical (unpaired) electrons. The minimum atomic E-state index is 0.812. The first-order valence-electron chi connectivity index (χ1n) is 19.7. The summed E-state index contributed by atoms with van der Waals surface area (Å²) in [6.45, 7) is 0. The highest BCUT2D eigenvalue weighted by molar-refractivity contribution is 6.19. The molecule has 0 aliphatic rings. The summed E-state index contributed by atoms with van der Waals surface area (Å²) >= 11 is 0. The van der Waals surface area contributed by atoms with Crippen LogP contribution in [0.2, 0.25) is 0 Å². The van der Waals surface area contributed by atoms with Gasteiger partial charge in [0, 0.05) is 38.2 Å². The number of benzene rings is 9. The molecule has 12 rings (SSSR count). The zero-order valence-corrected chi connectivity index (χ0v) is 31.4. The summed E-state index contributed by atoms with van der Waals surface area (Å²) < 4.78 is 4.78. The Balaban J connectivity index is 1.13. The van der Waals surface area contributed by atoms with Gasteiger partial charge >= 0.3 is 0 Å². The van der Waals surface area contributed by atoms with Crippen molar-refractivity contribution in [2.24, 2.45) is 0 Å². The molecule has 0 bridgehead atoms. The molecule has 0 N–H and O–H groups in total. The van der Waals surface area contributed by atoms with Crippen LogP contribution in [-0.2, 0) is 0 Å². The van der Waals surface area contributed by atoms with Crippen LogP contribution in [0.15, 0.2) is 206 Å². The Morgan fingerprint density at radius 2 is 0.862 bits per heavy atom. The average molecular weight is 739 g/mol. The normalized spacial score (nSPS) is 11.8. The van der Waals surface area contributed by atoms with Crippen LogP contribution >= 0.6 is 0 Å². The molecule has 0 saturated heterocycles. The van der Waals surface area contributed by atoms with E-state index in [0.29, 0.717) is 0 Å². The van der Waals surface area contributed by atoms with Gasteiger partial charge in [0.2, 0.25) is 0 Å². The van der Waals surface area contributed by atoms with Crippen LogP contribution in [0.1, 0.15) is 0 Å². The highest BCUT2D eigenvalue weighted by atomic mass is 15.1. The fraction of sp³-hybridized carbons (Fsp3) is 0. The maximum Gasteiger partial charge on any atom is 0.165 e. The monoisotopic (exact) mass is 738 g/mol. The Hall–Kier alpha value is -7.82. The van der Waals surface area contributed by atoms with Gasteiger partial charge in [-0.1, -0.05) is 164 Å². The Kier molecular flexibility index (Phi) is 7.20. The molecule has 3 heterocycles. The predicted octanol–water partition coefficient (Wildman–Crippen LogP) is 14.0. The van der Waals surface area contributed by atoms with Crippen molar-refractivity contribution >= 4 is 65.4 Å². The third-order valence-electron chi connectivity index (χ3n) is 11.7. The summed E-state index contributed by atoms with van der Waals surface area (Å²) in [5.41, 5.74) is 14.0. The van der Waals surface area contributed by atoms with Gasteiger partial charge in [-0.2, -0.15) is 0 Å². The maximum absolute atomic E-state index is 5.44. The van der Waals surface area contributed by atoms with Gasteiger partial charge in [0.15, 0.2) is 5.82 Å². The summed E-state index contributed by atoms with van der Waals surface area (Å²) in [5, 5.41) is 7.18. The van der Waals surface area contributed by atoms with E-state index in [-0.39, 0.29) is 0 Å². The van der Waals surface area contributed by atoms with Gasteiger partial charge in [-0.05, 0) is 70.1 Å². The van der Waals surface area contributed by atoms with Gasteiger partial charge in [0.25, 0.3) is 0 Å². The molecule has 0 spiro atoms. The van der Waals surface area contributed by atoms with Crippen molar-refractivity contribution in [2.75, 3.05) is 0 Å². The molecular formula is C54H34N4. The molecule has 0 fully saturated rings. The first-order chi connectivity index (χ1) is 28.8. The van der Waals surface area contributed by atoms with Crippen LogP contribution in [0, 0.1) is 0 Å². The molecule has 4 nitrogen and oxygen atoms in total. The molecule has 9 aromatic carbocycles. The number of nitrogens with zero attached hydrogens (tertiary/aromatic N) is 4. The van der Waals surface area contributed by atoms with Gasteiger partial charge in [0.05, 0.1) is 33.1 Å². The lowest BCUT2D eigenvalue weighted by atomic mass is 10.0. The molecule has 3 aromatic heterocycles. The lowest BCUT2D eigenvalue weighted by Crippen LogP contribution is -2.04. The van der Waals surface area contributed by atoms with Gasteiger partial charge < -0.3 is 4.57 Å². The van der Waals surface area contributed by atoms with Crippen LogP contribution in [0.3, 0.4) is 0 Å². The van der Waals surface area contributed by atoms with Crippen LogP contribution in [-0.4, -0.2) is 19.1 Å². The first kappa shape index (κ1) is 32.4. The summed E-state index contributed by atoms with van der Waals surface area (Å²) in [7, 11) is 0. The first-order valence-corrected chi connectivity index (χ1v) is 19.7. The van der Waals surface area contributed by atoms with E-state index in [1.807, 2.05) is 24.3 Å². The minimum Gasteiger partial charge on any atom is -0.309 e. The number of aromatic nitrogens is 4. The average Bonchev–Trinajstić information content (AvgIpc) is 3.81. The molecule has 12 aromatic rings. The maximum atomic E-state index is 5.44. The van der Waals surface area contributed by atoms with Gasteiger partial charge in [-0.3, -0.25) is 4.57 Å². The fourth-order valence-corrected chi connectivity index (χ4v) is 9.00. The van der Waals surface area contributed by atoms with Crippen molar-refractivity contribution in [3.8, 4) is 45.0 Å². The van der Waals surface area contributed by atoms with E-state index < -0.39 is 0 Å². The molecule has 270 valence electrons. The van der Waals surface area contributed by atoms with Gasteiger partial charge in [-0.15, -0.1) is 0 Å². The molecule has 0 atom stereocenters. The van der Waals surface area contributed by atoms with Crippen LogP contribution in [0.25, 0.3) is 110 Å². The molecule has 4 heteroatoms. The number of rotatable bonds is 5. The molecule has 0 amide bonds.